The first-order chi connectivity index (χ1) is 7.58. The van der Waals surface area contributed by atoms with E-state index in [2.05, 4.69) is 0 Å². The van der Waals surface area contributed by atoms with Crippen molar-refractivity contribution < 1.29 is 17.6 Å². The van der Waals surface area contributed by atoms with Gasteiger partial charge in [-0.25, -0.2) is 17.6 Å². The second kappa shape index (κ2) is 3.96. The van der Waals surface area contributed by atoms with E-state index in [4.69, 9.17) is 0 Å². The largest absolute Gasteiger partial charge is 0.207 e. The van der Waals surface area contributed by atoms with Crippen LogP contribution in [-0.4, -0.2) is 0 Å². The highest BCUT2D eigenvalue weighted by Gasteiger charge is 2.09. The quantitative estimate of drug-likeness (QED) is 0.646. The lowest BCUT2D eigenvalue weighted by molar-refractivity contribution is 0.509. The number of hydrogen-bond donors (Lipinski definition) is 0. The molecule has 0 aromatic heterocycles. The topological polar surface area (TPSA) is 0 Å². The van der Waals surface area contributed by atoms with E-state index in [1.165, 1.54) is 6.07 Å². The Hall–Kier alpha value is -1.84. The molecule has 0 saturated heterocycles. The average molecular weight is 226 g/mol. The molecule has 0 aliphatic rings. The maximum atomic E-state index is 13.3. The normalized spacial score (nSPS) is 10.5. The third-order valence-corrected chi connectivity index (χ3v) is 2.16. The molecule has 16 heavy (non-hydrogen) atoms. The van der Waals surface area contributed by atoms with E-state index in [0.717, 1.165) is 30.3 Å². The summed E-state index contributed by atoms with van der Waals surface area (Å²) >= 11 is 0. The summed E-state index contributed by atoms with van der Waals surface area (Å²) in [5, 5.41) is 0. The number of halogens is 4. The van der Waals surface area contributed by atoms with Gasteiger partial charge in [-0.15, -0.1) is 0 Å². The van der Waals surface area contributed by atoms with Crippen LogP contribution in [0.4, 0.5) is 17.6 Å². The Morgan fingerprint density at radius 3 is 2.00 bits per heavy atom. The van der Waals surface area contributed by atoms with E-state index in [1.54, 1.807) is 0 Å². The maximum absolute atomic E-state index is 13.3. The van der Waals surface area contributed by atoms with Crippen LogP contribution in [0.5, 0.6) is 0 Å². The summed E-state index contributed by atoms with van der Waals surface area (Å²) in [6.45, 7) is 0. The van der Waals surface area contributed by atoms with Crippen molar-refractivity contribution in [3.63, 3.8) is 0 Å². The molecule has 82 valence electrons. The van der Waals surface area contributed by atoms with Gasteiger partial charge in [-0.1, -0.05) is 6.07 Å². The van der Waals surface area contributed by atoms with Crippen molar-refractivity contribution in [1.29, 1.82) is 0 Å². The molecule has 0 fully saturated rings. The monoisotopic (exact) mass is 226 g/mol. The molecule has 0 bridgehead atoms. The van der Waals surface area contributed by atoms with Gasteiger partial charge in [-0.3, -0.25) is 0 Å². The summed E-state index contributed by atoms with van der Waals surface area (Å²) in [6.07, 6.45) is 0. The fourth-order valence-corrected chi connectivity index (χ4v) is 1.38. The van der Waals surface area contributed by atoms with Crippen molar-refractivity contribution in [2.45, 2.75) is 0 Å². The van der Waals surface area contributed by atoms with Gasteiger partial charge in [0, 0.05) is 5.56 Å². The number of benzene rings is 2. The Balaban J connectivity index is 2.58. The fraction of sp³-hybridized carbons (Fsp3) is 0. The van der Waals surface area contributed by atoms with Gasteiger partial charge in [0.25, 0.3) is 0 Å². The Labute approximate surface area is 89.2 Å². The van der Waals surface area contributed by atoms with Gasteiger partial charge in [-0.2, -0.15) is 0 Å². The van der Waals surface area contributed by atoms with Crippen LogP contribution in [-0.2, 0) is 0 Å². The minimum Gasteiger partial charge on any atom is -0.207 e. The number of hydrogen-bond acceptors (Lipinski definition) is 0. The average Bonchev–Trinajstić information content (AvgIpc) is 2.26. The zero-order valence-electron chi connectivity index (χ0n) is 7.98. The van der Waals surface area contributed by atoms with Crippen LogP contribution in [0.25, 0.3) is 11.1 Å². The molecule has 2 rings (SSSR count). The number of rotatable bonds is 1. The SMILES string of the molecule is Fc1ccc(F)c(-c2ccc(F)c(F)c2)c1. The molecule has 0 nitrogen and oxygen atoms in total. The molecule has 2 aromatic carbocycles. The molecule has 0 atom stereocenters. The second-order valence-corrected chi connectivity index (χ2v) is 3.25. The zero-order chi connectivity index (χ0) is 11.7. The molecule has 0 radical (unpaired) electrons. The maximum Gasteiger partial charge on any atom is 0.159 e. The minimum absolute atomic E-state index is 0.0934. The summed E-state index contributed by atoms with van der Waals surface area (Å²) in [5.74, 6) is -3.45. The van der Waals surface area contributed by atoms with Gasteiger partial charge in [-0.05, 0) is 35.9 Å². The van der Waals surface area contributed by atoms with Crippen LogP contribution >= 0.6 is 0 Å². The molecule has 0 saturated carbocycles. The van der Waals surface area contributed by atoms with Crippen molar-refractivity contribution >= 4 is 0 Å². The van der Waals surface area contributed by atoms with Gasteiger partial charge in [0.1, 0.15) is 11.6 Å². The van der Waals surface area contributed by atoms with Crippen LogP contribution in [0.2, 0.25) is 0 Å². The molecule has 0 unspecified atom stereocenters. The second-order valence-electron chi connectivity index (χ2n) is 3.25. The standard InChI is InChI=1S/C12H6F4/c13-8-2-4-10(14)9(6-8)7-1-3-11(15)12(16)5-7/h1-6H. The lowest BCUT2D eigenvalue weighted by Crippen LogP contribution is -1.89. The predicted molar refractivity (Wildman–Crippen MR) is 51.7 cm³/mol. The van der Waals surface area contributed by atoms with Crippen LogP contribution in [0, 0.1) is 23.3 Å². The first kappa shape index (κ1) is 10.7. The van der Waals surface area contributed by atoms with Gasteiger partial charge in [0.2, 0.25) is 0 Å². The third-order valence-electron chi connectivity index (χ3n) is 2.16. The van der Waals surface area contributed by atoms with Gasteiger partial charge < -0.3 is 0 Å². The van der Waals surface area contributed by atoms with Crippen molar-refractivity contribution in [1.82, 2.24) is 0 Å². The van der Waals surface area contributed by atoms with Crippen molar-refractivity contribution in [3.8, 4) is 11.1 Å². The summed E-state index contributed by atoms with van der Waals surface area (Å²) in [6, 6.07) is 5.71. The van der Waals surface area contributed by atoms with Crippen LogP contribution in [0.3, 0.4) is 0 Å². The van der Waals surface area contributed by atoms with E-state index in [-0.39, 0.29) is 11.1 Å². The fourth-order valence-electron chi connectivity index (χ4n) is 1.38. The predicted octanol–water partition coefficient (Wildman–Crippen LogP) is 3.91. The van der Waals surface area contributed by atoms with Crippen LogP contribution < -0.4 is 0 Å². The molecular formula is C12H6F4. The van der Waals surface area contributed by atoms with E-state index >= 15 is 0 Å². The highest BCUT2D eigenvalue weighted by molar-refractivity contribution is 5.64. The Morgan fingerprint density at radius 1 is 0.625 bits per heavy atom. The minimum atomic E-state index is -1.10. The van der Waals surface area contributed by atoms with Gasteiger partial charge in [0.05, 0.1) is 0 Å². The lowest BCUT2D eigenvalue weighted by atomic mass is 10.0. The van der Waals surface area contributed by atoms with E-state index in [1.807, 2.05) is 0 Å². The Bertz CT molecular complexity index is 535. The first-order valence-electron chi connectivity index (χ1n) is 4.48. The first-order valence-corrected chi connectivity index (χ1v) is 4.48. The summed E-state index contributed by atoms with van der Waals surface area (Å²) in [4.78, 5) is 0. The molecule has 0 heterocycles. The molecular weight excluding hydrogens is 220 g/mol. The van der Waals surface area contributed by atoms with Gasteiger partial charge >= 0.3 is 0 Å². The van der Waals surface area contributed by atoms with E-state index in [9.17, 15) is 17.6 Å². The lowest BCUT2D eigenvalue weighted by Gasteiger charge is -2.04. The van der Waals surface area contributed by atoms with E-state index < -0.39 is 23.3 Å². The summed E-state index contributed by atoms with van der Waals surface area (Å²) in [5.41, 5.74) is -0.00481. The molecule has 0 amide bonds. The highest BCUT2D eigenvalue weighted by Crippen LogP contribution is 2.25. The molecule has 0 N–H and O–H groups in total. The Morgan fingerprint density at radius 2 is 1.31 bits per heavy atom. The van der Waals surface area contributed by atoms with Crippen LogP contribution in [0.1, 0.15) is 0 Å². The smallest absolute Gasteiger partial charge is 0.159 e. The molecule has 4 heteroatoms. The van der Waals surface area contributed by atoms with Crippen molar-refractivity contribution in [2.75, 3.05) is 0 Å². The van der Waals surface area contributed by atoms with Gasteiger partial charge in [0.15, 0.2) is 11.6 Å². The van der Waals surface area contributed by atoms with Crippen molar-refractivity contribution in [3.05, 3.63) is 59.7 Å². The molecule has 0 aliphatic carbocycles. The van der Waals surface area contributed by atoms with E-state index in [0.29, 0.717) is 0 Å². The molecule has 0 aliphatic heterocycles. The molecule has 0 spiro atoms. The third kappa shape index (κ3) is 1.91. The summed E-state index contributed by atoms with van der Waals surface area (Å²) < 4.78 is 51.7. The Kier molecular flexibility index (Phi) is 2.64. The highest BCUT2D eigenvalue weighted by atomic mass is 19.2. The summed E-state index contributed by atoms with van der Waals surface area (Å²) in [7, 11) is 0. The zero-order valence-corrected chi connectivity index (χ0v) is 7.98. The van der Waals surface area contributed by atoms with Crippen molar-refractivity contribution in [2.24, 2.45) is 0 Å². The van der Waals surface area contributed by atoms with Crippen LogP contribution in [0.15, 0.2) is 36.4 Å². The molecule has 2 aromatic rings.